The lowest BCUT2D eigenvalue weighted by Gasteiger charge is -2.13. The highest BCUT2D eigenvalue weighted by Crippen LogP contribution is 2.21. The van der Waals surface area contributed by atoms with Crippen LogP contribution in [0.5, 0.6) is 5.75 Å². The number of esters is 1. The lowest BCUT2D eigenvalue weighted by atomic mass is 10.0. The third kappa shape index (κ3) is 4.79. The number of methoxy groups -OCH3 is 1. The molecule has 0 aliphatic carbocycles. The molecule has 5 nitrogen and oxygen atoms in total. The smallest absolute Gasteiger partial charge is 0.360 e. The average Bonchev–Trinajstić information content (AvgIpc) is 2.63. The van der Waals surface area contributed by atoms with Gasteiger partial charge >= 0.3 is 5.97 Å². The van der Waals surface area contributed by atoms with E-state index in [4.69, 9.17) is 9.47 Å². The molecule has 0 spiro atoms. The van der Waals surface area contributed by atoms with Gasteiger partial charge in [-0.2, -0.15) is 0 Å². The number of alkyl halides is 1. The molecule has 0 N–H and O–H groups in total. The Labute approximate surface area is 146 Å². The van der Waals surface area contributed by atoms with E-state index in [0.717, 1.165) is 16.9 Å². The van der Waals surface area contributed by atoms with Gasteiger partial charge in [0.2, 0.25) is 0 Å². The Morgan fingerprint density at radius 3 is 2.64 bits per heavy atom. The lowest BCUT2D eigenvalue weighted by molar-refractivity contribution is -0.132. The standard InChI is InChI=1S/C19H20FNO4/c1-13-8-9-14(2)17(10-13)24-11-15-6-4-5-7-16(15)18(19(22)23-3)21-25-12-20/h4-10H,11-12H2,1-3H3. The van der Waals surface area contributed by atoms with Crippen LogP contribution in [0, 0.1) is 13.8 Å². The second-order valence-corrected chi connectivity index (χ2v) is 5.38. The van der Waals surface area contributed by atoms with Crippen molar-refractivity contribution in [3.05, 3.63) is 64.7 Å². The first kappa shape index (κ1) is 18.4. The molecule has 0 aliphatic heterocycles. The summed E-state index contributed by atoms with van der Waals surface area (Å²) in [6.45, 7) is 3.02. The second kappa shape index (κ2) is 8.82. The third-order valence-electron chi connectivity index (χ3n) is 3.58. The van der Waals surface area contributed by atoms with Crippen LogP contribution in [0.1, 0.15) is 22.3 Å². The van der Waals surface area contributed by atoms with E-state index < -0.39 is 12.8 Å². The molecule has 0 aromatic heterocycles. The van der Waals surface area contributed by atoms with Gasteiger partial charge in [0.1, 0.15) is 12.4 Å². The van der Waals surface area contributed by atoms with Crippen LogP contribution in [-0.4, -0.2) is 25.7 Å². The molecule has 0 amide bonds. The maximum absolute atomic E-state index is 12.3. The van der Waals surface area contributed by atoms with Crippen LogP contribution in [0.3, 0.4) is 0 Å². The van der Waals surface area contributed by atoms with E-state index in [1.165, 1.54) is 7.11 Å². The fourth-order valence-corrected chi connectivity index (χ4v) is 2.28. The first-order valence-electron chi connectivity index (χ1n) is 7.69. The van der Waals surface area contributed by atoms with Crippen molar-refractivity contribution < 1.29 is 23.5 Å². The van der Waals surface area contributed by atoms with Crippen LogP contribution in [0.15, 0.2) is 47.6 Å². The number of benzene rings is 2. The first-order chi connectivity index (χ1) is 12.1. The van der Waals surface area contributed by atoms with E-state index in [-0.39, 0.29) is 12.3 Å². The highest BCUT2D eigenvalue weighted by Gasteiger charge is 2.19. The van der Waals surface area contributed by atoms with E-state index in [1.54, 1.807) is 18.2 Å². The molecule has 0 saturated heterocycles. The minimum atomic E-state index is -1.14. The summed E-state index contributed by atoms with van der Waals surface area (Å²) in [6, 6.07) is 13.0. The molecule has 2 aromatic rings. The molecule has 132 valence electrons. The Morgan fingerprint density at radius 1 is 1.16 bits per heavy atom. The van der Waals surface area contributed by atoms with E-state index in [2.05, 4.69) is 9.99 Å². The van der Waals surface area contributed by atoms with Crippen molar-refractivity contribution in [3.8, 4) is 5.75 Å². The van der Waals surface area contributed by atoms with E-state index >= 15 is 0 Å². The monoisotopic (exact) mass is 345 g/mol. The van der Waals surface area contributed by atoms with Gasteiger partial charge in [0, 0.05) is 5.56 Å². The quantitative estimate of drug-likeness (QED) is 0.436. The molecular formula is C19H20FNO4. The van der Waals surface area contributed by atoms with Crippen LogP contribution < -0.4 is 4.74 Å². The van der Waals surface area contributed by atoms with Crippen LogP contribution in [-0.2, 0) is 21.0 Å². The molecule has 6 heteroatoms. The SMILES string of the molecule is COC(=O)C(=NOCF)c1ccccc1COc1cc(C)ccc1C. The van der Waals surface area contributed by atoms with Gasteiger partial charge in [0.05, 0.1) is 7.11 Å². The van der Waals surface area contributed by atoms with Crippen LogP contribution in [0.25, 0.3) is 0 Å². The average molecular weight is 345 g/mol. The number of oxime groups is 1. The van der Waals surface area contributed by atoms with Crippen LogP contribution in [0.2, 0.25) is 0 Å². The number of aryl methyl sites for hydroxylation is 2. The number of hydrogen-bond donors (Lipinski definition) is 0. The maximum Gasteiger partial charge on any atom is 0.360 e. The number of ether oxygens (including phenoxy) is 2. The summed E-state index contributed by atoms with van der Waals surface area (Å²) in [7, 11) is 1.22. The number of halogens is 1. The molecule has 2 rings (SSSR count). The molecule has 0 heterocycles. The first-order valence-corrected chi connectivity index (χ1v) is 7.69. The normalized spacial score (nSPS) is 11.1. The Bertz CT molecular complexity index is 774. The molecular weight excluding hydrogens is 325 g/mol. The molecule has 0 fully saturated rings. The Morgan fingerprint density at radius 2 is 1.92 bits per heavy atom. The number of rotatable bonds is 7. The van der Waals surface area contributed by atoms with Crippen LogP contribution in [0.4, 0.5) is 4.39 Å². The number of hydrogen-bond acceptors (Lipinski definition) is 5. The van der Waals surface area contributed by atoms with Crippen molar-refractivity contribution >= 4 is 11.7 Å². The molecule has 0 aliphatic rings. The van der Waals surface area contributed by atoms with E-state index in [0.29, 0.717) is 11.1 Å². The van der Waals surface area contributed by atoms with Gasteiger partial charge in [-0.25, -0.2) is 9.18 Å². The van der Waals surface area contributed by atoms with E-state index in [9.17, 15) is 9.18 Å². The zero-order chi connectivity index (χ0) is 18.2. The van der Waals surface area contributed by atoms with Crippen molar-refractivity contribution in [3.63, 3.8) is 0 Å². The van der Waals surface area contributed by atoms with Crippen molar-refractivity contribution in [1.29, 1.82) is 0 Å². The van der Waals surface area contributed by atoms with Crippen molar-refractivity contribution in [2.24, 2.45) is 5.16 Å². The summed E-state index contributed by atoms with van der Waals surface area (Å²) in [4.78, 5) is 16.4. The molecule has 0 bridgehead atoms. The van der Waals surface area contributed by atoms with Gasteiger partial charge < -0.3 is 14.3 Å². The minimum Gasteiger partial charge on any atom is -0.489 e. The molecule has 0 saturated carbocycles. The Kier molecular flexibility index (Phi) is 6.51. The zero-order valence-corrected chi connectivity index (χ0v) is 14.4. The van der Waals surface area contributed by atoms with Gasteiger partial charge in [0.15, 0.2) is 5.71 Å². The van der Waals surface area contributed by atoms with Crippen LogP contribution >= 0.6 is 0 Å². The summed E-state index contributed by atoms with van der Waals surface area (Å²) in [5, 5.41) is 3.54. The number of nitrogens with zero attached hydrogens (tertiary/aromatic N) is 1. The van der Waals surface area contributed by atoms with Gasteiger partial charge in [-0.3, -0.25) is 0 Å². The maximum atomic E-state index is 12.3. The number of carbonyl (C=O) groups excluding carboxylic acids is 1. The topological polar surface area (TPSA) is 57.1 Å². The van der Waals surface area contributed by atoms with Crippen molar-refractivity contribution in [2.75, 3.05) is 14.0 Å². The minimum absolute atomic E-state index is 0.111. The van der Waals surface area contributed by atoms with Gasteiger partial charge in [-0.05, 0) is 36.6 Å². The fourth-order valence-electron chi connectivity index (χ4n) is 2.28. The van der Waals surface area contributed by atoms with Gasteiger partial charge in [-0.15, -0.1) is 0 Å². The fraction of sp³-hybridized carbons (Fsp3) is 0.263. The third-order valence-corrected chi connectivity index (χ3v) is 3.58. The largest absolute Gasteiger partial charge is 0.489 e. The summed E-state index contributed by atoms with van der Waals surface area (Å²) in [5.41, 5.74) is 3.15. The highest BCUT2D eigenvalue weighted by atomic mass is 19.1. The summed E-state index contributed by atoms with van der Waals surface area (Å²) in [6.07, 6.45) is 0. The van der Waals surface area contributed by atoms with E-state index in [1.807, 2.05) is 38.1 Å². The summed E-state index contributed by atoms with van der Waals surface area (Å²) >= 11 is 0. The molecule has 0 unspecified atom stereocenters. The predicted octanol–water partition coefficient (Wildman–Crippen LogP) is 3.70. The van der Waals surface area contributed by atoms with Gasteiger partial charge in [0.25, 0.3) is 6.86 Å². The molecule has 0 atom stereocenters. The lowest BCUT2D eigenvalue weighted by Crippen LogP contribution is -2.20. The summed E-state index contributed by atoms with van der Waals surface area (Å²) < 4.78 is 22.9. The Balaban J connectivity index is 2.30. The number of carbonyl (C=O) groups is 1. The second-order valence-electron chi connectivity index (χ2n) is 5.38. The van der Waals surface area contributed by atoms with Crippen molar-refractivity contribution in [1.82, 2.24) is 0 Å². The van der Waals surface area contributed by atoms with Crippen molar-refractivity contribution in [2.45, 2.75) is 20.5 Å². The Hall–Kier alpha value is -2.89. The molecule has 25 heavy (non-hydrogen) atoms. The molecule has 2 aromatic carbocycles. The molecule has 0 radical (unpaired) electrons. The zero-order valence-electron chi connectivity index (χ0n) is 14.4. The highest BCUT2D eigenvalue weighted by molar-refractivity contribution is 6.43. The summed E-state index contributed by atoms with van der Waals surface area (Å²) in [5.74, 6) is 0.0407. The predicted molar refractivity (Wildman–Crippen MR) is 92.3 cm³/mol. The van der Waals surface area contributed by atoms with Gasteiger partial charge in [-0.1, -0.05) is 41.6 Å².